The van der Waals surface area contributed by atoms with Crippen LogP contribution in [0, 0.1) is 0 Å². The molecule has 0 aliphatic carbocycles. The molecule has 2 saturated heterocycles. The van der Waals surface area contributed by atoms with Crippen LogP contribution >= 0.6 is 0 Å². The molecule has 2 heterocycles. The molecule has 0 aromatic carbocycles. The second-order valence-electron chi connectivity index (χ2n) is 3.84. The van der Waals surface area contributed by atoms with Gasteiger partial charge >= 0.3 is 12.1 Å². The van der Waals surface area contributed by atoms with Gasteiger partial charge in [0.25, 0.3) is 0 Å². The van der Waals surface area contributed by atoms with Crippen molar-refractivity contribution >= 4 is 12.1 Å². The number of amides is 4. The molecule has 9 heteroatoms. The molecule has 2 atom stereocenters. The van der Waals surface area contributed by atoms with Gasteiger partial charge in [-0.3, -0.25) is 14.7 Å². The average molecular weight is 246 g/mol. The molecule has 2 rings (SSSR count). The van der Waals surface area contributed by atoms with Gasteiger partial charge in [-0.05, 0) is 0 Å². The third-order valence-electron chi connectivity index (χ3n) is 3.12. The summed E-state index contributed by atoms with van der Waals surface area (Å²) in [6, 6.07) is -1.05. The zero-order chi connectivity index (χ0) is 12.7. The number of hydrogen-bond donors (Lipinski definition) is 3. The van der Waals surface area contributed by atoms with Gasteiger partial charge in [0.15, 0.2) is 12.3 Å². The van der Waals surface area contributed by atoms with E-state index in [-0.39, 0.29) is 0 Å². The van der Waals surface area contributed by atoms with Crippen LogP contribution in [0.1, 0.15) is 0 Å². The minimum atomic E-state index is -0.790. The topological polar surface area (TPSA) is 108 Å². The lowest BCUT2D eigenvalue weighted by atomic mass is 10.3. The lowest BCUT2D eigenvalue weighted by Gasteiger charge is -2.25. The maximum atomic E-state index is 11.8. The van der Waals surface area contributed by atoms with Crippen LogP contribution < -0.4 is 0 Å². The number of urea groups is 2. The Kier molecular flexibility index (Phi) is 2.81. The summed E-state index contributed by atoms with van der Waals surface area (Å²) < 4.78 is 0. The minimum Gasteiger partial charge on any atom is -0.376 e. The molecule has 0 spiro atoms. The summed E-state index contributed by atoms with van der Waals surface area (Å²) in [7, 11) is 1.46. The summed E-state index contributed by atoms with van der Waals surface area (Å²) in [6.07, 6.45) is -1.50. The Morgan fingerprint density at radius 3 is 1.76 bits per heavy atom. The molecule has 0 saturated carbocycles. The van der Waals surface area contributed by atoms with Crippen molar-refractivity contribution < 1.29 is 24.9 Å². The lowest BCUT2D eigenvalue weighted by molar-refractivity contribution is 0.0238. The summed E-state index contributed by atoms with van der Waals surface area (Å²) in [6.45, 7) is -1.71. The van der Waals surface area contributed by atoms with Crippen molar-refractivity contribution in [1.29, 1.82) is 0 Å². The van der Waals surface area contributed by atoms with Crippen molar-refractivity contribution in [1.82, 2.24) is 19.6 Å². The lowest BCUT2D eigenvalue weighted by Crippen LogP contribution is -2.47. The highest BCUT2D eigenvalue weighted by atomic mass is 16.3. The Bertz CT molecular complexity index is 349. The van der Waals surface area contributed by atoms with Crippen molar-refractivity contribution in [2.24, 2.45) is 0 Å². The number of fused-ring (bicyclic) bond motifs is 1. The standard InChI is InChI=1S/C8H14N4O5/c1-9-5-6(11(3-14)7(9)16)12(4-15)8(17)10(5)2-13/h5-6,13-15H,2-4H2,1H3/t5-,6+/m0/s1. The van der Waals surface area contributed by atoms with E-state index in [4.69, 9.17) is 15.3 Å². The highest BCUT2D eigenvalue weighted by Gasteiger charge is 2.57. The first-order chi connectivity index (χ1) is 8.08. The van der Waals surface area contributed by atoms with Crippen LogP contribution in [0.2, 0.25) is 0 Å². The van der Waals surface area contributed by atoms with E-state index in [1.165, 1.54) is 11.9 Å². The van der Waals surface area contributed by atoms with Crippen molar-refractivity contribution in [3.05, 3.63) is 0 Å². The largest absolute Gasteiger partial charge is 0.376 e. The van der Waals surface area contributed by atoms with Crippen LogP contribution in [0.25, 0.3) is 0 Å². The molecular formula is C8H14N4O5. The first-order valence-electron chi connectivity index (χ1n) is 5.01. The number of carbonyl (C=O) groups is 2. The number of carbonyl (C=O) groups excluding carboxylic acids is 2. The van der Waals surface area contributed by atoms with Crippen LogP contribution in [-0.4, -0.2) is 86.6 Å². The molecule has 0 aromatic rings. The molecule has 3 N–H and O–H groups in total. The Labute approximate surface area is 97.0 Å². The third kappa shape index (κ3) is 1.36. The van der Waals surface area contributed by atoms with Crippen molar-refractivity contribution in [2.75, 3.05) is 27.2 Å². The summed E-state index contributed by atoms with van der Waals surface area (Å²) in [5.41, 5.74) is 0. The SMILES string of the molecule is CN1C(=O)N(CO)[C@H]2[C@@H]1N(CO)C(=O)N2CO. The van der Waals surface area contributed by atoms with Gasteiger partial charge in [-0.1, -0.05) is 0 Å². The Morgan fingerprint density at radius 1 is 0.882 bits per heavy atom. The maximum absolute atomic E-state index is 11.8. The molecule has 0 bridgehead atoms. The molecule has 2 aliphatic heterocycles. The molecule has 96 valence electrons. The van der Waals surface area contributed by atoms with Crippen molar-refractivity contribution in [2.45, 2.75) is 12.3 Å². The normalized spacial score (nSPS) is 28.5. The van der Waals surface area contributed by atoms with Gasteiger partial charge in [0, 0.05) is 7.05 Å². The van der Waals surface area contributed by atoms with Gasteiger partial charge in [-0.2, -0.15) is 0 Å². The summed E-state index contributed by atoms with van der Waals surface area (Å²) >= 11 is 0. The van der Waals surface area contributed by atoms with Gasteiger partial charge in [0.1, 0.15) is 20.2 Å². The van der Waals surface area contributed by atoms with E-state index in [0.717, 1.165) is 14.7 Å². The smallest absolute Gasteiger partial charge is 0.327 e. The summed E-state index contributed by atoms with van der Waals surface area (Å²) in [5, 5.41) is 27.4. The number of aliphatic hydroxyl groups is 3. The fourth-order valence-corrected chi connectivity index (χ4v) is 2.31. The van der Waals surface area contributed by atoms with Crippen LogP contribution in [0.5, 0.6) is 0 Å². The third-order valence-corrected chi connectivity index (χ3v) is 3.12. The van der Waals surface area contributed by atoms with Gasteiger partial charge in [0.2, 0.25) is 0 Å². The van der Waals surface area contributed by atoms with Crippen LogP contribution in [0.3, 0.4) is 0 Å². The highest BCUT2D eigenvalue weighted by molar-refractivity contribution is 5.84. The van der Waals surface area contributed by atoms with E-state index in [0.29, 0.717) is 0 Å². The fraction of sp³-hybridized carbons (Fsp3) is 0.750. The predicted molar refractivity (Wildman–Crippen MR) is 52.9 cm³/mol. The minimum absolute atomic E-state index is 0.466. The molecule has 17 heavy (non-hydrogen) atoms. The van der Waals surface area contributed by atoms with Gasteiger partial charge in [-0.25, -0.2) is 9.59 Å². The molecule has 2 fully saturated rings. The van der Waals surface area contributed by atoms with Crippen LogP contribution in [0.4, 0.5) is 9.59 Å². The van der Waals surface area contributed by atoms with E-state index >= 15 is 0 Å². The van der Waals surface area contributed by atoms with Gasteiger partial charge in [0.05, 0.1) is 0 Å². The molecule has 2 aliphatic rings. The van der Waals surface area contributed by atoms with E-state index < -0.39 is 44.6 Å². The maximum Gasteiger partial charge on any atom is 0.327 e. The van der Waals surface area contributed by atoms with Crippen LogP contribution in [0.15, 0.2) is 0 Å². The Morgan fingerprint density at radius 2 is 1.29 bits per heavy atom. The van der Waals surface area contributed by atoms with Gasteiger partial charge < -0.3 is 20.2 Å². The molecule has 0 unspecified atom stereocenters. The first-order valence-corrected chi connectivity index (χ1v) is 5.01. The molecule has 0 radical (unpaired) electrons. The second-order valence-corrected chi connectivity index (χ2v) is 3.84. The number of aliphatic hydroxyl groups excluding tert-OH is 3. The van der Waals surface area contributed by atoms with Crippen molar-refractivity contribution in [3.63, 3.8) is 0 Å². The van der Waals surface area contributed by atoms with E-state index in [2.05, 4.69) is 0 Å². The zero-order valence-corrected chi connectivity index (χ0v) is 9.22. The number of rotatable bonds is 3. The fourth-order valence-electron chi connectivity index (χ4n) is 2.31. The summed E-state index contributed by atoms with van der Waals surface area (Å²) in [5.74, 6) is 0. The van der Waals surface area contributed by atoms with Crippen molar-refractivity contribution in [3.8, 4) is 0 Å². The number of likely N-dealkylation sites (N-methyl/N-ethyl adjacent to an activating group) is 1. The molecule has 4 amide bonds. The van der Waals surface area contributed by atoms with Gasteiger partial charge in [-0.15, -0.1) is 0 Å². The van der Waals surface area contributed by atoms with E-state index in [9.17, 15) is 9.59 Å². The average Bonchev–Trinajstić information content (AvgIpc) is 2.73. The molecular weight excluding hydrogens is 232 g/mol. The predicted octanol–water partition coefficient (Wildman–Crippen LogP) is -2.41. The Balaban J connectivity index is 2.39. The summed E-state index contributed by atoms with van der Waals surface area (Å²) in [4.78, 5) is 27.9. The van der Waals surface area contributed by atoms with E-state index in [1.807, 2.05) is 0 Å². The zero-order valence-electron chi connectivity index (χ0n) is 9.22. The number of hydrogen-bond acceptors (Lipinski definition) is 5. The van der Waals surface area contributed by atoms with Crippen LogP contribution in [-0.2, 0) is 0 Å². The monoisotopic (exact) mass is 246 g/mol. The Hall–Kier alpha value is -1.58. The molecule has 0 aromatic heterocycles. The number of nitrogens with zero attached hydrogens (tertiary/aromatic N) is 4. The first kappa shape index (κ1) is 11.9. The van der Waals surface area contributed by atoms with E-state index in [1.54, 1.807) is 0 Å². The highest BCUT2D eigenvalue weighted by Crippen LogP contribution is 2.32. The molecule has 9 nitrogen and oxygen atoms in total. The second kappa shape index (κ2) is 4.02. The quantitative estimate of drug-likeness (QED) is 0.514.